The van der Waals surface area contributed by atoms with E-state index < -0.39 is 32.5 Å². The maximum Gasteiger partial charge on any atom is 0.328 e. The largest absolute Gasteiger partial charge is 0.465 e. The highest BCUT2D eigenvalue weighted by atomic mass is 79.9. The maximum atomic E-state index is 12.2. The number of benzene rings is 1. The Bertz CT molecular complexity index is 643. The SMILES string of the molecule is CCOC(=O)[C@]1(N)[C@H](c2ccc(Br)cc2)[C@@H]1S(=O)(=O)CC. The van der Waals surface area contributed by atoms with Crippen LogP contribution >= 0.6 is 15.9 Å². The van der Waals surface area contributed by atoms with E-state index in [0.29, 0.717) is 0 Å². The number of nitrogens with two attached hydrogens (primary N) is 1. The topological polar surface area (TPSA) is 86.5 Å². The summed E-state index contributed by atoms with van der Waals surface area (Å²) in [4.78, 5) is 12.1. The summed E-state index contributed by atoms with van der Waals surface area (Å²) >= 11 is 3.32. The minimum absolute atomic E-state index is 0.0525. The van der Waals surface area contributed by atoms with Gasteiger partial charge in [-0.3, -0.25) is 0 Å². The normalized spacial score (nSPS) is 28.2. The molecule has 1 aliphatic rings. The molecule has 0 radical (unpaired) electrons. The van der Waals surface area contributed by atoms with Gasteiger partial charge in [0.05, 0.1) is 11.9 Å². The molecule has 0 bridgehead atoms. The van der Waals surface area contributed by atoms with Gasteiger partial charge in [0.1, 0.15) is 5.54 Å². The van der Waals surface area contributed by atoms with Gasteiger partial charge in [0.2, 0.25) is 0 Å². The van der Waals surface area contributed by atoms with Gasteiger partial charge < -0.3 is 10.5 Å². The molecule has 3 atom stereocenters. The molecular weight excluding hydrogens is 358 g/mol. The maximum absolute atomic E-state index is 12.2. The van der Waals surface area contributed by atoms with Crippen LogP contribution in [0.2, 0.25) is 0 Å². The van der Waals surface area contributed by atoms with Gasteiger partial charge in [-0.15, -0.1) is 0 Å². The van der Waals surface area contributed by atoms with Crippen molar-refractivity contribution in [1.29, 1.82) is 0 Å². The molecule has 116 valence electrons. The first-order chi connectivity index (χ1) is 9.79. The molecule has 0 aromatic heterocycles. The zero-order valence-corrected chi connectivity index (χ0v) is 14.3. The van der Waals surface area contributed by atoms with E-state index >= 15 is 0 Å². The molecule has 2 N–H and O–H groups in total. The number of halogens is 1. The predicted octanol–water partition coefficient (Wildman–Crippen LogP) is 1.61. The summed E-state index contributed by atoms with van der Waals surface area (Å²) in [5.74, 6) is -1.27. The van der Waals surface area contributed by atoms with E-state index in [9.17, 15) is 13.2 Å². The van der Waals surface area contributed by atoms with Crippen LogP contribution in [-0.4, -0.2) is 37.5 Å². The second kappa shape index (κ2) is 5.70. The van der Waals surface area contributed by atoms with E-state index in [1.54, 1.807) is 38.1 Å². The predicted molar refractivity (Wildman–Crippen MR) is 83.7 cm³/mol. The fraction of sp³-hybridized carbons (Fsp3) is 0.500. The Kier molecular flexibility index (Phi) is 4.46. The van der Waals surface area contributed by atoms with Crippen LogP contribution in [0.15, 0.2) is 28.7 Å². The van der Waals surface area contributed by atoms with E-state index in [2.05, 4.69) is 15.9 Å². The zero-order chi connectivity index (χ0) is 15.8. The second-order valence-corrected chi connectivity index (χ2v) is 8.38. The van der Waals surface area contributed by atoms with Gasteiger partial charge in [0.25, 0.3) is 0 Å². The third-order valence-electron chi connectivity index (χ3n) is 3.83. The van der Waals surface area contributed by atoms with Crippen LogP contribution in [0.3, 0.4) is 0 Å². The van der Waals surface area contributed by atoms with Crippen molar-refractivity contribution in [2.75, 3.05) is 12.4 Å². The van der Waals surface area contributed by atoms with E-state index in [1.807, 2.05) is 0 Å². The lowest BCUT2D eigenvalue weighted by Crippen LogP contribution is -2.41. The molecule has 1 saturated carbocycles. The first-order valence-corrected chi connectivity index (χ1v) is 9.23. The fourth-order valence-corrected chi connectivity index (χ4v) is 4.86. The molecule has 5 nitrogen and oxygen atoms in total. The highest BCUT2D eigenvalue weighted by Crippen LogP contribution is 2.55. The van der Waals surface area contributed by atoms with Gasteiger partial charge in [-0.25, -0.2) is 13.2 Å². The molecule has 1 fully saturated rings. The molecule has 1 aromatic rings. The van der Waals surface area contributed by atoms with Crippen LogP contribution in [0.5, 0.6) is 0 Å². The Balaban J connectivity index is 2.42. The number of hydrogen-bond acceptors (Lipinski definition) is 5. The van der Waals surface area contributed by atoms with Crippen molar-refractivity contribution >= 4 is 31.7 Å². The monoisotopic (exact) mass is 375 g/mol. The molecule has 21 heavy (non-hydrogen) atoms. The number of sulfone groups is 1. The van der Waals surface area contributed by atoms with Gasteiger partial charge in [0.15, 0.2) is 9.84 Å². The van der Waals surface area contributed by atoms with Crippen LogP contribution in [0.4, 0.5) is 0 Å². The number of hydrogen-bond donors (Lipinski definition) is 1. The smallest absolute Gasteiger partial charge is 0.328 e. The third kappa shape index (κ3) is 2.74. The lowest BCUT2D eigenvalue weighted by Gasteiger charge is -2.10. The summed E-state index contributed by atoms with van der Waals surface area (Å²) in [5.41, 5.74) is 5.38. The number of rotatable bonds is 5. The third-order valence-corrected chi connectivity index (χ3v) is 6.60. The minimum atomic E-state index is -3.44. The van der Waals surface area contributed by atoms with Crippen molar-refractivity contribution in [3.63, 3.8) is 0 Å². The van der Waals surface area contributed by atoms with Crippen LogP contribution < -0.4 is 5.73 Å². The molecule has 0 amide bonds. The van der Waals surface area contributed by atoms with Gasteiger partial charge in [0, 0.05) is 16.1 Å². The molecule has 2 rings (SSSR count). The van der Waals surface area contributed by atoms with Crippen molar-refractivity contribution in [1.82, 2.24) is 0 Å². The molecule has 0 spiro atoms. The number of carbonyl (C=O) groups is 1. The Morgan fingerprint density at radius 1 is 1.33 bits per heavy atom. The van der Waals surface area contributed by atoms with E-state index in [0.717, 1.165) is 10.0 Å². The molecule has 0 heterocycles. The number of esters is 1. The Morgan fingerprint density at radius 2 is 1.90 bits per heavy atom. The van der Waals surface area contributed by atoms with Gasteiger partial charge in [-0.1, -0.05) is 35.0 Å². The highest BCUT2D eigenvalue weighted by molar-refractivity contribution is 9.10. The standard InChI is InChI=1S/C14H18BrNO4S/c1-3-20-13(17)14(16)11(12(14)21(18,19)4-2)9-5-7-10(15)8-6-9/h5-8,11-12H,3-4,16H2,1-2H3/t11-,12+,14+/m1/s1. The van der Waals surface area contributed by atoms with Crippen LogP contribution in [0.25, 0.3) is 0 Å². The van der Waals surface area contributed by atoms with Crippen LogP contribution in [0, 0.1) is 0 Å². The van der Waals surface area contributed by atoms with Crippen molar-refractivity contribution in [2.24, 2.45) is 5.73 Å². The summed E-state index contributed by atoms with van der Waals surface area (Å²) in [6.07, 6.45) is 0. The molecular formula is C14H18BrNO4S. The first kappa shape index (κ1) is 16.5. The molecule has 1 aliphatic carbocycles. The van der Waals surface area contributed by atoms with Crippen molar-refractivity contribution in [3.05, 3.63) is 34.3 Å². The van der Waals surface area contributed by atoms with Gasteiger partial charge in [-0.2, -0.15) is 0 Å². The zero-order valence-electron chi connectivity index (χ0n) is 11.9. The van der Waals surface area contributed by atoms with Gasteiger partial charge in [-0.05, 0) is 24.6 Å². The van der Waals surface area contributed by atoms with Crippen molar-refractivity contribution in [3.8, 4) is 0 Å². The van der Waals surface area contributed by atoms with Crippen molar-refractivity contribution in [2.45, 2.75) is 30.6 Å². The van der Waals surface area contributed by atoms with Crippen molar-refractivity contribution < 1.29 is 17.9 Å². The summed E-state index contributed by atoms with van der Waals surface area (Å²) in [6.45, 7) is 3.39. The Labute approximate surface area is 132 Å². The first-order valence-electron chi connectivity index (χ1n) is 6.72. The average molecular weight is 376 g/mol. The second-order valence-electron chi connectivity index (χ2n) is 5.05. The Morgan fingerprint density at radius 3 is 2.38 bits per heavy atom. The lowest BCUT2D eigenvalue weighted by atomic mass is 10.1. The molecule has 1 aromatic carbocycles. The average Bonchev–Trinajstić information content (AvgIpc) is 3.09. The van der Waals surface area contributed by atoms with Gasteiger partial charge >= 0.3 is 5.97 Å². The van der Waals surface area contributed by atoms with Crippen LogP contribution in [-0.2, 0) is 19.4 Å². The summed E-state index contributed by atoms with van der Waals surface area (Å²) in [7, 11) is -3.44. The summed E-state index contributed by atoms with van der Waals surface area (Å²) in [5, 5.41) is -0.921. The summed E-state index contributed by atoms with van der Waals surface area (Å²) in [6, 6.07) is 7.16. The quantitative estimate of drug-likeness (QED) is 0.789. The lowest BCUT2D eigenvalue weighted by molar-refractivity contribution is -0.145. The fourth-order valence-electron chi connectivity index (χ4n) is 2.68. The van der Waals surface area contributed by atoms with E-state index in [-0.39, 0.29) is 12.4 Å². The summed E-state index contributed by atoms with van der Waals surface area (Å²) < 4.78 is 30.3. The highest BCUT2D eigenvalue weighted by Gasteiger charge is 2.74. The number of ether oxygens (including phenoxy) is 1. The molecule has 0 aliphatic heterocycles. The molecule has 7 heteroatoms. The number of carbonyl (C=O) groups excluding carboxylic acids is 1. The Hall–Kier alpha value is -0.920. The van der Waals surface area contributed by atoms with Crippen LogP contribution in [0.1, 0.15) is 25.3 Å². The molecule has 0 saturated heterocycles. The van der Waals surface area contributed by atoms with E-state index in [1.165, 1.54) is 0 Å². The van der Waals surface area contributed by atoms with E-state index in [4.69, 9.17) is 10.5 Å². The minimum Gasteiger partial charge on any atom is -0.465 e. The molecule has 0 unspecified atom stereocenters.